The van der Waals surface area contributed by atoms with Crippen molar-refractivity contribution in [3.05, 3.63) is 46.4 Å². The lowest BCUT2D eigenvalue weighted by atomic mass is 10.2. The standard InChI is InChI=1S/C18H23BrN2O5S2/c1-5-21(6-2)28(24,25)15-8-10-18(26-4)17(12-15)20-27(22,23)14-7-9-16(19)13(3)11-14/h7-12,20H,5-6H2,1-4H3. The zero-order chi connectivity index (χ0) is 21.1. The molecule has 154 valence electrons. The van der Waals surface area contributed by atoms with E-state index < -0.39 is 20.0 Å². The Kier molecular flexibility index (Phi) is 7.13. The van der Waals surface area contributed by atoms with Crippen LogP contribution in [-0.2, 0) is 20.0 Å². The first-order valence-electron chi connectivity index (χ1n) is 8.54. The van der Waals surface area contributed by atoms with Gasteiger partial charge in [0.25, 0.3) is 10.0 Å². The lowest BCUT2D eigenvalue weighted by Gasteiger charge is -2.20. The summed E-state index contributed by atoms with van der Waals surface area (Å²) in [6.45, 7) is 5.88. The first kappa shape index (κ1) is 22.7. The highest BCUT2D eigenvalue weighted by molar-refractivity contribution is 9.10. The summed E-state index contributed by atoms with van der Waals surface area (Å²) in [6.07, 6.45) is 0. The number of ether oxygens (including phenoxy) is 1. The highest BCUT2D eigenvalue weighted by Gasteiger charge is 2.24. The molecule has 0 saturated heterocycles. The van der Waals surface area contributed by atoms with Gasteiger partial charge in [0.1, 0.15) is 5.75 Å². The smallest absolute Gasteiger partial charge is 0.262 e. The molecule has 0 radical (unpaired) electrons. The number of benzene rings is 2. The zero-order valence-corrected chi connectivity index (χ0v) is 19.3. The fourth-order valence-electron chi connectivity index (χ4n) is 2.63. The molecule has 1 N–H and O–H groups in total. The summed E-state index contributed by atoms with van der Waals surface area (Å²) < 4.78 is 60.9. The van der Waals surface area contributed by atoms with E-state index >= 15 is 0 Å². The Labute approximate surface area is 174 Å². The van der Waals surface area contributed by atoms with Crippen molar-refractivity contribution >= 4 is 41.7 Å². The van der Waals surface area contributed by atoms with Gasteiger partial charge in [-0.25, -0.2) is 16.8 Å². The number of nitrogens with zero attached hydrogens (tertiary/aromatic N) is 1. The SMILES string of the molecule is CCN(CC)S(=O)(=O)c1ccc(OC)c(NS(=O)(=O)c2ccc(Br)c(C)c2)c1. The first-order chi connectivity index (χ1) is 13.1. The summed E-state index contributed by atoms with van der Waals surface area (Å²) in [7, 11) is -6.30. The second-order valence-corrected chi connectivity index (χ2v) is 10.4. The van der Waals surface area contributed by atoms with E-state index in [4.69, 9.17) is 4.74 Å². The molecule has 28 heavy (non-hydrogen) atoms. The lowest BCUT2D eigenvalue weighted by Crippen LogP contribution is -2.30. The quantitative estimate of drug-likeness (QED) is 0.609. The van der Waals surface area contributed by atoms with Crippen molar-refractivity contribution in [2.45, 2.75) is 30.6 Å². The number of nitrogens with one attached hydrogen (secondary N) is 1. The van der Waals surface area contributed by atoms with Crippen molar-refractivity contribution in [2.75, 3.05) is 24.9 Å². The maximum Gasteiger partial charge on any atom is 0.262 e. The topological polar surface area (TPSA) is 92.8 Å². The molecule has 7 nitrogen and oxygen atoms in total. The van der Waals surface area contributed by atoms with Crippen molar-refractivity contribution in [2.24, 2.45) is 0 Å². The van der Waals surface area contributed by atoms with Gasteiger partial charge >= 0.3 is 0 Å². The van der Waals surface area contributed by atoms with Gasteiger partial charge in [0, 0.05) is 17.6 Å². The van der Waals surface area contributed by atoms with Crippen LogP contribution in [0.1, 0.15) is 19.4 Å². The molecule has 0 bridgehead atoms. The van der Waals surface area contributed by atoms with Crippen LogP contribution in [0.4, 0.5) is 5.69 Å². The van der Waals surface area contributed by atoms with Crippen molar-refractivity contribution in [3.63, 3.8) is 0 Å². The number of methoxy groups -OCH3 is 1. The fraction of sp³-hybridized carbons (Fsp3) is 0.333. The van der Waals surface area contributed by atoms with E-state index in [0.29, 0.717) is 13.1 Å². The van der Waals surface area contributed by atoms with Gasteiger partial charge in [-0.1, -0.05) is 29.8 Å². The Balaban J connectivity index is 2.51. The molecular formula is C18H23BrN2O5S2. The number of aryl methyl sites for hydroxylation is 1. The maximum absolute atomic E-state index is 12.8. The van der Waals surface area contributed by atoms with Crippen LogP contribution in [0.3, 0.4) is 0 Å². The summed E-state index contributed by atoms with van der Waals surface area (Å²) in [4.78, 5) is 0.0499. The number of hydrogen-bond donors (Lipinski definition) is 1. The third-order valence-electron chi connectivity index (χ3n) is 4.20. The summed E-state index contributed by atoms with van der Waals surface area (Å²) in [5.41, 5.74) is 0.809. The van der Waals surface area contributed by atoms with E-state index in [2.05, 4.69) is 20.7 Å². The first-order valence-corrected chi connectivity index (χ1v) is 12.3. The van der Waals surface area contributed by atoms with Crippen molar-refractivity contribution < 1.29 is 21.6 Å². The third kappa shape index (κ3) is 4.68. The number of sulfonamides is 2. The molecule has 0 aliphatic rings. The van der Waals surface area contributed by atoms with Crippen molar-refractivity contribution in [1.29, 1.82) is 0 Å². The molecule has 0 saturated carbocycles. The summed E-state index contributed by atoms with van der Waals surface area (Å²) >= 11 is 3.34. The summed E-state index contributed by atoms with van der Waals surface area (Å²) in [6, 6.07) is 8.73. The Morgan fingerprint density at radius 3 is 2.14 bits per heavy atom. The minimum atomic E-state index is -3.94. The molecule has 2 rings (SSSR count). The third-order valence-corrected chi connectivity index (χ3v) is 8.50. The molecule has 0 aliphatic heterocycles. The lowest BCUT2D eigenvalue weighted by molar-refractivity contribution is 0.416. The van der Waals surface area contributed by atoms with Gasteiger partial charge in [-0.15, -0.1) is 0 Å². The Morgan fingerprint density at radius 2 is 1.61 bits per heavy atom. The monoisotopic (exact) mass is 490 g/mol. The largest absolute Gasteiger partial charge is 0.495 e. The number of rotatable bonds is 8. The average molecular weight is 491 g/mol. The summed E-state index contributed by atoms with van der Waals surface area (Å²) in [5, 5.41) is 0. The van der Waals surface area contributed by atoms with E-state index in [1.54, 1.807) is 26.8 Å². The van der Waals surface area contributed by atoms with Gasteiger partial charge in [0.15, 0.2) is 0 Å². The number of halogens is 1. The molecule has 10 heteroatoms. The molecule has 0 spiro atoms. The van der Waals surface area contributed by atoms with E-state index in [0.717, 1.165) is 10.0 Å². The zero-order valence-electron chi connectivity index (χ0n) is 16.1. The van der Waals surface area contributed by atoms with E-state index in [1.807, 2.05) is 0 Å². The van der Waals surface area contributed by atoms with Crippen molar-refractivity contribution in [1.82, 2.24) is 4.31 Å². The molecule has 0 aromatic heterocycles. The molecule has 0 fully saturated rings. The van der Waals surface area contributed by atoms with Crippen LogP contribution in [0.25, 0.3) is 0 Å². The fourth-order valence-corrected chi connectivity index (χ4v) is 5.51. The van der Waals surface area contributed by atoms with E-state index in [1.165, 1.54) is 41.7 Å². The second kappa shape index (κ2) is 8.81. The molecule has 2 aromatic rings. The van der Waals surface area contributed by atoms with Gasteiger partial charge in [-0.05, 0) is 48.9 Å². The highest BCUT2D eigenvalue weighted by Crippen LogP contribution is 2.31. The van der Waals surface area contributed by atoms with Crippen LogP contribution in [-0.4, -0.2) is 41.3 Å². The molecular weight excluding hydrogens is 468 g/mol. The van der Waals surface area contributed by atoms with Gasteiger partial charge in [0.05, 0.1) is 22.6 Å². The van der Waals surface area contributed by atoms with Crippen LogP contribution >= 0.6 is 15.9 Å². The van der Waals surface area contributed by atoms with Gasteiger partial charge in [-0.3, -0.25) is 4.72 Å². The van der Waals surface area contributed by atoms with E-state index in [-0.39, 0.29) is 21.2 Å². The second-order valence-electron chi connectivity index (χ2n) is 5.97. The van der Waals surface area contributed by atoms with Crippen LogP contribution in [0.2, 0.25) is 0 Å². The molecule has 0 atom stereocenters. The minimum absolute atomic E-state index is 0.0123. The van der Waals surface area contributed by atoms with Gasteiger partial charge in [-0.2, -0.15) is 4.31 Å². The molecule has 0 aliphatic carbocycles. The normalized spacial score (nSPS) is 12.2. The average Bonchev–Trinajstić information content (AvgIpc) is 2.64. The summed E-state index contributed by atoms with van der Waals surface area (Å²) in [5.74, 6) is 0.218. The predicted molar refractivity (Wildman–Crippen MR) is 113 cm³/mol. The number of hydrogen-bond acceptors (Lipinski definition) is 5. The molecule has 0 heterocycles. The number of anilines is 1. The minimum Gasteiger partial charge on any atom is -0.495 e. The van der Waals surface area contributed by atoms with Crippen molar-refractivity contribution in [3.8, 4) is 5.75 Å². The van der Waals surface area contributed by atoms with Crippen LogP contribution in [0.5, 0.6) is 5.75 Å². The Morgan fingerprint density at radius 1 is 1.00 bits per heavy atom. The molecule has 0 unspecified atom stereocenters. The van der Waals surface area contributed by atoms with Gasteiger partial charge in [0.2, 0.25) is 10.0 Å². The van der Waals surface area contributed by atoms with Crippen LogP contribution in [0, 0.1) is 6.92 Å². The molecule has 2 aromatic carbocycles. The van der Waals surface area contributed by atoms with Gasteiger partial charge < -0.3 is 4.74 Å². The highest BCUT2D eigenvalue weighted by atomic mass is 79.9. The maximum atomic E-state index is 12.8. The Hall–Kier alpha value is -1.62. The Bertz CT molecular complexity index is 1070. The van der Waals surface area contributed by atoms with Crippen LogP contribution < -0.4 is 9.46 Å². The van der Waals surface area contributed by atoms with E-state index in [9.17, 15) is 16.8 Å². The van der Waals surface area contributed by atoms with Crippen LogP contribution in [0.15, 0.2) is 50.7 Å². The predicted octanol–water partition coefficient (Wildman–Crippen LogP) is 3.60. The molecule has 0 amide bonds.